The fourth-order valence-electron chi connectivity index (χ4n) is 3.10. The predicted molar refractivity (Wildman–Crippen MR) is 82.2 cm³/mol. The van der Waals surface area contributed by atoms with E-state index >= 15 is 0 Å². The van der Waals surface area contributed by atoms with Crippen LogP contribution in [0.2, 0.25) is 0 Å². The molecule has 0 aliphatic carbocycles. The standard InChI is InChI=1S/C15H21FN2O4S/c1-2-8-23(19,20)18-10-15(11-18)9-12(5-7-21-15)22-14-13(16)4-3-6-17-14/h3-4,6,12H,2,5,7-11H2,1H3. The first kappa shape index (κ1) is 16.6. The van der Waals surface area contributed by atoms with Gasteiger partial charge in [-0.3, -0.25) is 0 Å². The average molecular weight is 344 g/mol. The summed E-state index contributed by atoms with van der Waals surface area (Å²) in [7, 11) is -3.19. The zero-order valence-corrected chi connectivity index (χ0v) is 13.9. The fourth-order valence-corrected chi connectivity index (χ4v) is 4.74. The van der Waals surface area contributed by atoms with Crippen LogP contribution in [0.1, 0.15) is 26.2 Å². The molecule has 1 aromatic heterocycles. The molecule has 2 aliphatic heterocycles. The van der Waals surface area contributed by atoms with Crippen molar-refractivity contribution in [1.82, 2.24) is 9.29 Å². The van der Waals surface area contributed by atoms with E-state index < -0.39 is 21.4 Å². The molecule has 128 valence electrons. The summed E-state index contributed by atoms with van der Waals surface area (Å²) in [5.41, 5.74) is -0.505. The van der Waals surface area contributed by atoms with Crippen molar-refractivity contribution in [2.75, 3.05) is 25.4 Å². The Labute approximate surface area is 135 Å². The summed E-state index contributed by atoms with van der Waals surface area (Å²) in [4.78, 5) is 3.90. The number of halogens is 1. The van der Waals surface area contributed by atoms with E-state index in [9.17, 15) is 12.8 Å². The van der Waals surface area contributed by atoms with Crippen LogP contribution in [0, 0.1) is 5.82 Å². The number of nitrogens with zero attached hydrogens (tertiary/aromatic N) is 2. The number of rotatable bonds is 5. The van der Waals surface area contributed by atoms with Crippen LogP contribution >= 0.6 is 0 Å². The summed E-state index contributed by atoms with van der Waals surface area (Å²) in [5.74, 6) is -0.347. The van der Waals surface area contributed by atoms with E-state index in [1.165, 1.54) is 22.6 Å². The van der Waals surface area contributed by atoms with Gasteiger partial charge in [0.1, 0.15) is 6.10 Å². The third kappa shape index (κ3) is 3.49. The van der Waals surface area contributed by atoms with Crippen molar-refractivity contribution in [2.24, 2.45) is 0 Å². The normalized spacial score (nSPS) is 24.3. The quantitative estimate of drug-likeness (QED) is 0.811. The van der Waals surface area contributed by atoms with Gasteiger partial charge >= 0.3 is 0 Å². The van der Waals surface area contributed by atoms with E-state index in [2.05, 4.69) is 4.98 Å². The topological polar surface area (TPSA) is 68.7 Å². The second-order valence-corrected chi connectivity index (χ2v) is 8.23. The molecule has 3 heterocycles. The van der Waals surface area contributed by atoms with Crippen molar-refractivity contribution in [3.63, 3.8) is 0 Å². The highest BCUT2D eigenvalue weighted by Gasteiger charge is 2.51. The summed E-state index contributed by atoms with van der Waals surface area (Å²) in [6.07, 6.45) is 3.04. The summed E-state index contributed by atoms with van der Waals surface area (Å²) in [5, 5.41) is 0. The molecule has 0 N–H and O–H groups in total. The first-order valence-corrected chi connectivity index (χ1v) is 9.44. The molecule has 6 nitrogen and oxygen atoms in total. The van der Waals surface area contributed by atoms with Crippen molar-refractivity contribution >= 4 is 10.0 Å². The Morgan fingerprint density at radius 3 is 3.00 bits per heavy atom. The van der Waals surface area contributed by atoms with Crippen molar-refractivity contribution in [2.45, 2.75) is 37.9 Å². The number of hydrogen-bond acceptors (Lipinski definition) is 5. The van der Waals surface area contributed by atoms with Gasteiger partial charge < -0.3 is 9.47 Å². The molecule has 23 heavy (non-hydrogen) atoms. The zero-order valence-electron chi connectivity index (χ0n) is 13.1. The van der Waals surface area contributed by atoms with Crippen LogP contribution in [0.5, 0.6) is 5.88 Å². The summed E-state index contributed by atoms with van der Waals surface area (Å²) >= 11 is 0. The Bertz CT molecular complexity index is 661. The van der Waals surface area contributed by atoms with Crippen LogP contribution in [0.3, 0.4) is 0 Å². The number of sulfonamides is 1. The minimum absolute atomic E-state index is 0.00988. The Morgan fingerprint density at radius 2 is 2.30 bits per heavy atom. The van der Waals surface area contributed by atoms with E-state index in [1.807, 2.05) is 6.92 Å². The summed E-state index contributed by atoms with van der Waals surface area (Å²) in [6, 6.07) is 2.82. The molecule has 0 amide bonds. The molecular formula is C15H21FN2O4S. The largest absolute Gasteiger partial charge is 0.472 e. The van der Waals surface area contributed by atoms with E-state index in [0.29, 0.717) is 39.0 Å². The van der Waals surface area contributed by atoms with Crippen molar-refractivity contribution in [3.8, 4) is 5.88 Å². The number of aromatic nitrogens is 1. The Kier molecular flexibility index (Phi) is 4.57. The van der Waals surface area contributed by atoms with E-state index in [0.717, 1.165) is 0 Å². The van der Waals surface area contributed by atoms with Gasteiger partial charge in [-0.25, -0.2) is 17.8 Å². The second-order valence-electron chi connectivity index (χ2n) is 6.14. The van der Waals surface area contributed by atoms with Gasteiger partial charge in [0.05, 0.1) is 18.0 Å². The third-order valence-corrected chi connectivity index (χ3v) is 6.20. The molecule has 0 radical (unpaired) electrons. The molecule has 8 heteroatoms. The predicted octanol–water partition coefficient (Wildman–Crippen LogP) is 1.57. The fraction of sp³-hybridized carbons (Fsp3) is 0.667. The molecule has 1 unspecified atom stereocenters. The monoisotopic (exact) mass is 344 g/mol. The Hall–Kier alpha value is -1.25. The summed E-state index contributed by atoms with van der Waals surface area (Å²) in [6.45, 7) is 3.01. The second kappa shape index (κ2) is 6.33. The highest BCUT2D eigenvalue weighted by molar-refractivity contribution is 7.89. The third-order valence-electron chi connectivity index (χ3n) is 4.24. The van der Waals surface area contributed by atoms with Crippen molar-refractivity contribution < 1.29 is 22.3 Å². The molecule has 2 saturated heterocycles. The van der Waals surface area contributed by atoms with Crippen LogP contribution in [0.4, 0.5) is 4.39 Å². The zero-order chi connectivity index (χ0) is 16.5. The lowest BCUT2D eigenvalue weighted by molar-refractivity contribution is -0.165. The maximum absolute atomic E-state index is 13.6. The smallest absolute Gasteiger partial charge is 0.250 e. The molecule has 1 spiro atoms. The molecule has 1 aromatic rings. The highest BCUT2D eigenvalue weighted by atomic mass is 32.2. The molecule has 2 aliphatic rings. The molecule has 0 bridgehead atoms. The minimum atomic E-state index is -3.19. The van der Waals surface area contributed by atoms with Crippen LogP contribution < -0.4 is 4.74 Å². The van der Waals surface area contributed by atoms with Crippen molar-refractivity contribution in [3.05, 3.63) is 24.1 Å². The van der Waals surface area contributed by atoms with Crippen LogP contribution in [-0.2, 0) is 14.8 Å². The van der Waals surface area contributed by atoms with Crippen LogP contribution in [0.25, 0.3) is 0 Å². The van der Waals surface area contributed by atoms with Gasteiger partial charge in [-0.2, -0.15) is 4.31 Å². The molecular weight excluding hydrogens is 323 g/mol. The van der Waals surface area contributed by atoms with Gasteiger partial charge in [0.15, 0.2) is 5.82 Å². The molecule has 2 fully saturated rings. The number of pyridine rings is 1. The van der Waals surface area contributed by atoms with Gasteiger partial charge in [-0.15, -0.1) is 0 Å². The van der Waals surface area contributed by atoms with Gasteiger partial charge in [0.25, 0.3) is 5.88 Å². The maximum Gasteiger partial charge on any atom is 0.250 e. The molecule has 0 saturated carbocycles. The first-order valence-electron chi connectivity index (χ1n) is 7.83. The van der Waals surface area contributed by atoms with Crippen molar-refractivity contribution in [1.29, 1.82) is 0 Å². The van der Waals surface area contributed by atoms with E-state index in [4.69, 9.17) is 9.47 Å². The average Bonchev–Trinajstić information content (AvgIpc) is 2.47. The van der Waals surface area contributed by atoms with E-state index in [-0.39, 0.29) is 17.7 Å². The van der Waals surface area contributed by atoms with Crippen LogP contribution in [-0.4, -0.2) is 54.9 Å². The van der Waals surface area contributed by atoms with Gasteiger partial charge in [0, 0.05) is 32.1 Å². The Morgan fingerprint density at radius 1 is 1.52 bits per heavy atom. The lowest BCUT2D eigenvalue weighted by Gasteiger charge is -2.52. The maximum atomic E-state index is 13.6. The lowest BCUT2D eigenvalue weighted by atomic mass is 9.86. The van der Waals surface area contributed by atoms with Gasteiger partial charge in [-0.1, -0.05) is 6.92 Å². The molecule has 0 aromatic carbocycles. The Balaban J connectivity index is 1.61. The van der Waals surface area contributed by atoms with E-state index in [1.54, 1.807) is 0 Å². The lowest BCUT2D eigenvalue weighted by Crippen LogP contribution is -2.67. The van der Waals surface area contributed by atoms with Crippen LogP contribution in [0.15, 0.2) is 18.3 Å². The first-order chi connectivity index (χ1) is 10.9. The SMILES string of the molecule is CCCS(=O)(=O)N1CC2(CC(Oc3ncccc3F)CCO2)C1. The molecule has 1 atom stereocenters. The van der Waals surface area contributed by atoms with Gasteiger partial charge in [-0.05, 0) is 18.6 Å². The summed E-state index contributed by atoms with van der Waals surface area (Å²) < 4.78 is 50.6. The number of hydrogen-bond donors (Lipinski definition) is 0. The highest BCUT2D eigenvalue weighted by Crippen LogP contribution is 2.37. The van der Waals surface area contributed by atoms with Gasteiger partial charge in [0.2, 0.25) is 10.0 Å². The molecule has 3 rings (SSSR count). The minimum Gasteiger partial charge on any atom is -0.472 e. The number of ether oxygens (including phenoxy) is 2.